The van der Waals surface area contributed by atoms with E-state index in [9.17, 15) is 5.11 Å². The van der Waals surface area contributed by atoms with Crippen LogP contribution in [0, 0.1) is 0 Å². The molecule has 1 saturated heterocycles. The van der Waals surface area contributed by atoms with Gasteiger partial charge < -0.3 is 19.2 Å². The van der Waals surface area contributed by atoms with Gasteiger partial charge in [-0.2, -0.15) is 0 Å². The third-order valence-electron chi connectivity index (χ3n) is 3.99. The molecule has 1 fully saturated rings. The lowest BCUT2D eigenvalue weighted by Gasteiger charge is -2.32. The van der Waals surface area contributed by atoms with E-state index in [1.54, 1.807) is 0 Å². The number of aliphatic hydroxyl groups excluding tert-OH is 1. The Morgan fingerprint density at radius 1 is 1.11 bits per heavy atom. The summed E-state index contributed by atoms with van der Waals surface area (Å²) in [6.45, 7) is 8.01. The molecule has 0 aliphatic carbocycles. The molecule has 0 amide bonds. The molecule has 1 heterocycles. The van der Waals surface area contributed by atoms with Gasteiger partial charge in [0.05, 0.1) is 11.2 Å². The highest BCUT2D eigenvalue weighted by molar-refractivity contribution is 6.62. The molecule has 1 unspecified atom stereocenters. The summed E-state index contributed by atoms with van der Waals surface area (Å²) in [5.74, 6) is 0. The van der Waals surface area contributed by atoms with Crippen molar-refractivity contribution in [1.82, 2.24) is 0 Å². The standard InChI is InChI=1S/C14H21BO4/c1-13(2)14(3,4)19-15(18-13)11-9-7-6-8-10(11)12(16)17-5/h6-9,12,16H,1-5H3. The average molecular weight is 264 g/mol. The highest BCUT2D eigenvalue weighted by Gasteiger charge is 2.52. The van der Waals surface area contributed by atoms with Gasteiger partial charge >= 0.3 is 7.12 Å². The van der Waals surface area contributed by atoms with Gasteiger partial charge in [0.2, 0.25) is 0 Å². The first-order chi connectivity index (χ1) is 8.78. The van der Waals surface area contributed by atoms with Crippen molar-refractivity contribution in [1.29, 1.82) is 0 Å². The second-order valence-electron chi connectivity index (χ2n) is 5.81. The Bertz CT molecular complexity index is 443. The molecule has 2 rings (SSSR count). The van der Waals surface area contributed by atoms with E-state index in [2.05, 4.69) is 0 Å². The van der Waals surface area contributed by atoms with Gasteiger partial charge in [0.15, 0.2) is 6.29 Å². The van der Waals surface area contributed by atoms with E-state index in [0.717, 1.165) is 5.46 Å². The Hall–Kier alpha value is -0.875. The van der Waals surface area contributed by atoms with Crippen molar-refractivity contribution < 1.29 is 19.2 Å². The fraction of sp³-hybridized carbons (Fsp3) is 0.571. The van der Waals surface area contributed by atoms with Crippen LogP contribution in [0.15, 0.2) is 24.3 Å². The van der Waals surface area contributed by atoms with Crippen LogP contribution < -0.4 is 5.46 Å². The van der Waals surface area contributed by atoms with Gasteiger partial charge in [0.25, 0.3) is 0 Å². The second-order valence-corrected chi connectivity index (χ2v) is 5.81. The first-order valence-electron chi connectivity index (χ1n) is 6.44. The van der Waals surface area contributed by atoms with E-state index in [1.807, 2.05) is 52.0 Å². The molecule has 19 heavy (non-hydrogen) atoms. The number of benzene rings is 1. The Morgan fingerprint density at radius 3 is 2.16 bits per heavy atom. The number of aliphatic hydroxyl groups is 1. The molecule has 0 saturated carbocycles. The minimum absolute atomic E-state index is 0.400. The summed E-state index contributed by atoms with van der Waals surface area (Å²) in [6.07, 6.45) is -0.977. The summed E-state index contributed by atoms with van der Waals surface area (Å²) < 4.78 is 17.0. The number of rotatable bonds is 3. The van der Waals surface area contributed by atoms with Crippen LogP contribution in [-0.2, 0) is 14.0 Å². The molecule has 5 heteroatoms. The van der Waals surface area contributed by atoms with Crippen LogP contribution in [0.1, 0.15) is 39.5 Å². The van der Waals surface area contributed by atoms with Crippen molar-refractivity contribution in [3.63, 3.8) is 0 Å². The lowest BCUT2D eigenvalue weighted by molar-refractivity contribution is -0.0763. The lowest BCUT2D eigenvalue weighted by Crippen LogP contribution is -2.41. The van der Waals surface area contributed by atoms with Gasteiger partial charge in [0, 0.05) is 12.7 Å². The normalized spacial score (nSPS) is 22.5. The summed E-state index contributed by atoms with van der Waals surface area (Å²) in [6, 6.07) is 7.45. The zero-order valence-corrected chi connectivity index (χ0v) is 12.1. The molecule has 1 aliphatic rings. The highest BCUT2D eigenvalue weighted by Crippen LogP contribution is 2.36. The minimum atomic E-state index is -0.977. The number of methoxy groups -OCH3 is 1. The molecular weight excluding hydrogens is 243 g/mol. The average Bonchev–Trinajstić information content (AvgIpc) is 2.57. The summed E-state index contributed by atoms with van der Waals surface area (Å²) in [5, 5.41) is 9.90. The monoisotopic (exact) mass is 264 g/mol. The molecule has 104 valence electrons. The van der Waals surface area contributed by atoms with E-state index in [4.69, 9.17) is 14.0 Å². The maximum Gasteiger partial charge on any atom is 0.495 e. The SMILES string of the molecule is COC(O)c1ccccc1B1OC(C)(C)C(C)(C)O1. The third-order valence-corrected chi connectivity index (χ3v) is 3.99. The molecule has 4 nitrogen and oxygen atoms in total. The lowest BCUT2D eigenvalue weighted by atomic mass is 9.76. The van der Waals surface area contributed by atoms with Crippen LogP contribution in [-0.4, -0.2) is 30.5 Å². The summed E-state index contributed by atoms with van der Waals surface area (Å²) >= 11 is 0. The Morgan fingerprint density at radius 2 is 1.63 bits per heavy atom. The minimum Gasteiger partial charge on any atom is -0.399 e. The van der Waals surface area contributed by atoms with Crippen molar-refractivity contribution in [3.05, 3.63) is 29.8 Å². The zero-order valence-electron chi connectivity index (χ0n) is 12.1. The third kappa shape index (κ3) is 2.56. The predicted molar refractivity (Wildman–Crippen MR) is 74.1 cm³/mol. The molecular formula is C14H21BO4. The highest BCUT2D eigenvalue weighted by atomic mass is 16.7. The van der Waals surface area contributed by atoms with Gasteiger partial charge in [-0.05, 0) is 33.2 Å². The van der Waals surface area contributed by atoms with Crippen LogP contribution in [0.5, 0.6) is 0 Å². The first kappa shape index (κ1) is 14.5. The molecule has 0 spiro atoms. The Balaban J connectivity index is 2.35. The predicted octanol–water partition coefficient (Wildman–Crippen LogP) is 1.62. The zero-order chi connectivity index (χ0) is 14.3. The van der Waals surface area contributed by atoms with Crippen molar-refractivity contribution in [2.45, 2.75) is 45.2 Å². The van der Waals surface area contributed by atoms with Gasteiger partial charge in [-0.1, -0.05) is 24.3 Å². The summed E-state index contributed by atoms with van der Waals surface area (Å²) in [5.41, 5.74) is 0.671. The molecule has 0 bridgehead atoms. The van der Waals surface area contributed by atoms with Gasteiger partial charge in [0.1, 0.15) is 0 Å². The largest absolute Gasteiger partial charge is 0.495 e. The quantitative estimate of drug-likeness (QED) is 0.665. The fourth-order valence-electron chi connectivity index (χ4n) is 2.05. The number of hydrogen-bond donors (Lipinski definition) is 1. The van der Waals surface area contributed by atoms with Crippen LogP contribution in [0.25, 0.3) is 0 Å². The van der Waals surface area contributed by atoms with E-state index in [-0.39, 0.29) is 0 Å². The fourth-order valence-corrected chi connectivity index (χ4v) is 2.05. The maximum absolute atomic E-state index is 9.90. The second kappa shape index (κ2) is 4.91. The number of ether oxygens (including phenoxy) is 1. The van der Waals surface area contributed by atoms with Gasteiger partial charge in [-0.3, -0.25) is 0 Å². The van der Waals surface area contributed by atoms with Crippen molar-refractivity contribution in [3.8, 4) is 0 Å². The molecule has 0 aromatic heterocycles. The smallest absolute Gasteiger partial charge is 0.399 e. The van der Waals surface area contributed by atoms with Gasteiger partial charge in [-0.15, -0.1) is 0 Å². The summed E-state index contributed by atoms with van der Waals surface area (Å²) in [7, 11) is 0.970. The van der Waals surface area contributed by atoms with E-state index in [1.165, 1.54) is 7.11 Å². The molecule has 1 aromatic carbocycles. The molecule has 1 aliphatic heterocycles. The van der Waals surface area contributed by atoms with E-state index < -0.39 is 24.6 Å². The summed E-state index contributed by atoms with van der Waals surface area (Å²) in [4.78, 5) is 0. The van der Waals surface area contributed by atoms with E-state index >= 15 is 0 Å². The topological polar surface area (TPSA) is 47.9 Å². The van der Waals surface area contributed by atoms with Crippen molar-refractivity contribution in [2.75, 3.05) is 7.11 Å². The Labute approximate surface area is 114 Å². The van der Waals surface area contributed by atoms with Crippen LogP contribution in [0.4, 0.5) is 0 Å². The molecule has 1 aromatic rings. The van der Waals surface area contributed by atoms with Crippen LogP contribution >= 0.6 is 0 Å². The van der Waals surface area contributed by atoms with Crippen molar-refractivity contribution in [2.24, 2.45) is 0 Å². The van der Waals surface area contributed by atoms with Crippen LogP contribution in [0.3, 0.4) is 0 Å². The van der Waals surface area contributed by atoms with E-state index in [0.29, 0.717) is 5.56 Å². The maximum atomic E-state index is 9.90. The number of hydrogen-bond acceptors (Lipinski definition) is 4. The van der Waals surface area contributed by atoms with Crippen LogP contribution in [0.2, 0.25) is 0 Å². The molecule has 1 N–H and O–H groups in total. The molecule has 1 atom stereocenters. The Kier molecular flexibility index (Phi) is 3.75. The van der Waals surface area contributed by atoms with Crippen molar-refractivity contribution >= 4 is 12.6 Å². The first-order valence-corrected chi connectivity index (χ1v) is 6.44. The van der Waals surface area contributed by atoms with Gasteiger partial charge in [-0.25, -0.2) is 0 Å². The molecule has 0 radical (unpaired) electrons.